The highest BCUT2D eigenvalue weighted by Crippen LogP contribution is 2.72. The number of carbonyl (C=O) groups excluding carboxylic acids is 1. The lowest BCUT2D eigenvalue weighted by Crippen LogP contribution is -2.58. The predicted molar refractivity (Wildman–Crippen MR) is 158 cm³/mol. The van der Waals surface area contributed by atoms with Crippen LogP contribution in [-0.2, 0) is 4.79 Å². The van der Waals surface area contributed by atoms with Gasteiger partial charge in [0.05, 0.1) is 0 Å². The summed E-state index contributed by atoms with van der Waals surface area (Å²) < 4.78 is 0. The first-order valence-electron chi connectivity index (χ1n) is 15.2. The number of fused-ring (bicyclic) bond motifs is 5. The number of hydrogen-bond donors (Lipinski definition) is 1. The van der Waals surface area contributed by atoms with Crippen LogP contribution >= 0.6 is 12.6 Å². The number of hydrogen-bond acceptors (Lipinski definition) is 2. The highest BCUT2D eigenvalue weighted by atomic mass is 32.1. The van der Waals surface area contributed by atoms with Crippen molar-refractivity contribution in [2.45, 2.75) is 153 Å². The van der Waals surface area contributed by atoms with Crippen molar-refractivity contribution in [1.29, 1.82) is 0 Å². The Balaban J connectivity index is 0.00000124. The van der Waals surface area contributed by atoms with Crippen LogP contribution in [0.25, 0.3) is 0 Å². The zero-order valence-electron chi connectivity index (χ0n) is 25.4. The van der Waals surface area contributed by atoms with E-state index in [0.29, 0.717) is 22.0 Å². The highest BCUT2D eigenvalue weighted by Gasteiger charge is 2.64. The Hall–Kier alpha value is 0.0200. The maximum atomic E-state index is 11.4. The number of thiol groups is 1. The molecule has 0 radical (unpaired) electrons. The normalized spacial score (nSPS) is 39.4. The van der Waals surface area contributed by atoms with Crippen molar-refractivity contribution in [1.82, 2.24) is 0 Å². The average molecular weight is 497 g/mol. The molecular weight excluding hydrogens is 432 g/mol. The molecule has 7 unspecified atom stereocenters. The van der Waals surface area contributed by atoms with Gasteiger partial charge in [-0.1, -0.05) is 75.2 Å². The Morgan fingerprint density at radius 1 is 0.706 bits per heavy atom. The smallest absolute Gasteiger partial charge is 0.129 e. The van der Waals surface area contributed by atoms with Gasteiger partial charge in [0.25, 0.3) is 0 Å². The number of carbonyl (C=O) groups is 1. The molecule has 1 nitrogen and oxygen atoms in total. The van der Waals surface area contributed by atoms with Crippen LogP contribution in [0.4, 0.5) is 0 Å². The first kappa shape index (κ1) is 34.0. The average Bonchev–Trinajstić information content (AvgIpc) is 3.21. The summed E-state index contributed by atoms with van der Waals surface area (Å²) in [5, 5.41) is 0. The van der Waals surface area contributed by atoms with Gasteiger partial charge in [-0.25, -0.2) is 0 Å². The maximum absolute atomic E-state index is 11.4. The molecule has 2 heteroatoms. The second-order valence-electron chi connectivity index (χ2n) is 11.5. The van der Waals surface area contributed by atoms with Crippen LogP contribution in [0.1, 0.15) is 153 Å². The first-order chi connectivity index (χ1) is 16.3. The molecule has 0 aromatic carbocycles. The highest BCUT2D eigenvalue weighted by molar-refractivity contribution is 7.79. The molecule has 0 bridgehead atoms. The molecule has 0 spiro atoms. The van der Waals surface area contributed by atoms with E-state index in [2.05, 4.69) is 33.4 Å². The third kappa shape index (κ3) is 6.86. The molecule has 4 fully saturated rings. The molecular formula is C32H64OS. The van der Waals surface area contributed by atoms with Gasteiger partial charge in [-0.15, -0.1) is 0 Å². The van der Waals surface area contributed by atoms with Gasteiger partial charge in [0.1, 0.15) is 5.78 Å². The van der Waals surface area contributed by atoms with E-state index in [0.717, 1.165) is 36.5 Å². The van der Waals surface area contributed by atoms with Crippen LogP contribution < -0.4 is 0 Å². The largest absolute Gasteiger partial charge is 0.300 e. The van der Waals surface area contributed by atoms with Gasteiger partial charge in [-0.3, -0.25) is 0 Å². The second-order valence-corrected chi connectivity index (χ2v) is 11.5. The van der Waals surface area contributed by atoms with Crippen molar-refractivity contribution in [3.8, 4) is 0 Å². The van der Waals surface area contributed by atoms with Crippen molar-refractivity contribution >= 4 is 18.4 Å². The van der Waals surface area contributed by atoms with Crippen LogP contribution in [0.15, 0.2) is 0 Å². The van der Waals surface area contributed by atoms with Gasteiger partial charge < -0.3 is 4.79 Å². The molecule has 0 heterocycles. The van der Waals surface area contributed by atoms with Gasteiger partial charge in [0.2, 0.25) is 0 Å². The summed E-state index contributed by atoms with van der Waals surface area (Å²) in [6, 6.07) is 0. The second kappa shape index (κ2) is 16.0. The summed E-state index contributed by atoms with van der Waals surface area (Å²) in [7, 11) is 0. The zero-order valence-corrected chi connectivity index (χ0v) is 26.3. The molecule has 4 aliphatic carbocycles. The molecule has 34 heavy (non-hydrogen) atoms. The third-order valence-corrected chi connectivity index (χ3v) is 10.5. The van der Waals surface area contributed by atoms with E-state index in [4.69, 9.17) is 0 Å². The fraction of sp³-hybridized carbons (Fsp3) is 0.969. The Morgan fingerprint density at radius 3 is 1.85 bits per heavy atom. The predicted octanol–water partition coefficient (Wildman–Crippen LogP) is 10.8. The molecule has 7 atom stereocenters. The van der Waals surface area contributed by atoms with Crippen LogP contribution in [-0.4, -0.2) is 12.0 Å². The van der Waals surface area contributed by atoms with E-state index in [1.54, 1.807) is 13.2 Å². The van der Waals surface area contributed by atoms with E-state index in [1.807, 2.05) is 41.5 Å². The number of rotatable bonds is 4. The van der Waals surface area contributed by atoms with E-state index >= 15 is 0 Å². The SMILES string of the molecule is CC.CC.CC.CC(=O)CCCC1CCC2C1(C)CCC1C3(C)CCCCC3CCC12C.CS. The maximum Gasteiger partial charge on any atom is 0.129 e. The van der Waals surface area contributed by atoms with Crippen LogP contribution in [0, 0.1) is 39.9 Å². The lowest BCUT2D eigenvalue weighted by Gasteiger charge is -2.65. The Kier molecular flexibility index (Phi) is 16.0. The molecule has 0 aromatic rings. The molecule has 4 aliphatic rings. The first-order valence-corrected chi connectivity index (χ1v) is 16.1. The van der Waals surface area contributed by atoms with Crippen molar-refractivity contribution in [2.24, 2.45) is 39.9 Å². The molecule has 4 rings (SSSR count). The number of ketones is 1. The molecule has 0 aliphatic heterocycles. The molecule has 4 saturated carbocycles. The quantitative estimate of drug-likeness (QED) is 0.383. The van der Waals surface area contributed by atoms with Crippen molar-refractivity contribution in [3.63, 3.8) is 0 Å². The molecule has 0 amide bonds. The summed E-state index contributed by atoms with van der Waals surface area (Å²) in [5.41, 5.74) is 1.78. The molecule has 0 aromatic heterocycles. The Bertz CT molecular complexity index is 559. The van der Waals surface area contributed by atoms with Crippen LogP contribution in [0.5, 0.6) is 0 Å². The van der Waals surface area contributed by atoms with Crippen molar-refractivity contribution in [2.75, 3.05) is 6.26 Å². The van der Waals surface area contributed by atoms with Gasteiger partial charge in [-0.2, -0.15) is 12.6 Å². The fourth-order valence-corrected chi connectivity index (χ4v) is 9.15. The molecule has 204 valence electrons. The Labute approximate surface area is 221 Å². The van der Waals surface area contributed by atoms with Gasteiger partial charge in [0.15, 0.2) is 0 Å². The van der Waals surface area contributed by atoms with E-state index in [1.165, 1.54) is 70.6 Å². The minimum atomic E-state index is 0.379. The van der Waals surface area contributed by atoms with E-state index < -0.39 is 0 Å². The summed E-state index contributed by atoms with van der Waals surface area (Å²) in [5.74, 6) is 4.19. The minimum absolute atomic E-state index is 0.379. The van der Waals surface area contributed by atoms with Crippen LogP contribution in [0.3, 0.4) is 0 Å². The third-order valence-electron chi connectivity index (χ3n) is 10.5. The van der Waals surface area contributed by atoms with Crippen LogP contribution in [0.2, 0.25) is 0 Å². The standard InChI is InChI=1S/C25H42O.3C2H6.CH4S/c1-18(26)8-7-10-19-11-12-21-24(19,3)17-14-22-23(2)15-6-5-9-20(23)13-16-25(21,22)4;4*1-2/h19-22H,5-17H2,1-4H3;3*1-2H3;2H,1H3. The van der Waals surface area contributed by atoms with E-state index in [9.17, 15) is 4.79 Å². The summed E-state index contributed by atoms with van der Waals surface area (Å²) in [4.78, 5) is 11.4. The topological polar surface area (TPSA) is 17.1 Å². The monoisotopic (exact) mass is 496 g/mol. The minimum Gasteiger partial charge on any atom is -0.300 e. The molecule has 0 N–H and O–H groups in total. The fourth-order valence-electron chi connectivity index (χ4n) is 9.15. The lowest BCUT2D eigenvalue weighted by molar-refractivity contribution is -0.164. The molecule has 0 saturated heterocycles. The number of Topliss-reactive ketones (excluding diaryl/α,β-unsaturated/α-hetero) is 1. The summed E-state index contributed by atoms with van der Waals surface area (Å²) in [6.45, 7) is 21.8. The van der Waals surface area contributed by atoms with Crippen molar-refractivity contribution in [3.05, 3.63) is 0 Å². The zero-order chi connectivity index (χ0) is 26.6. The van der Waals surface area contributed by atoms with Gasteiger partial charge in [-0.05, 0) is 117 Å². The van der Waals surface area contributed by atoms with E-state index in [-0.39, 0.29) is 0 Å². The Morgan fingerprint density at radius 2 is 1.26 bits per heavy atom. The van der Waals surface area contributed by atoms with Crippen molar-refractivity contribution < 1.29 is 4.79 Å². The summed E-state index contributed by atoms with van der Waals surface area (Å²) in [6.07, 6.45) is 19.8. The lowest BCUT2D eigenvalue weighted by atomic mass is 9.39. The van der Waals surface area contributed by atoms with Gasteiger partial charge >= 0.3 is 0 Å². The summed E-state index contributed by atoms with van der Waals surface area (Å²) >= 11 is 3.53. The van der Waals surface area contributed by atoms with Gasteiger partial charge in [0, 0.05) is 6.42 Å².